The fraction of sp³-hybridized carbons (Fsp3) is 0.0769. The van der Waals surface area contributed by atoms with E-state index >= 15 is 0 Å². The predicted molar refractivity (Wildman–Crippen MR) is 119 cm³/mol. The molecule has 4 nitrogen and oxygen atoms in total. The van der Waals surface area contributed by atoms with Crippen LogP contribution in [0.2, 0.25) is 0 Å². The summed E-state index contributed by atoms with van der Waals surface area (Å²) >= 11 is 0. The van der Waals surface area contributed by atoms with Crippen molar-refractivity contribution in [1.82, 2.24) is 4.98 Å². The molecule has 0 saturated carbocycles. The van der Waals surface area contributed by atoms with Crippen molar-refractivity contribution in [3.63, 3.8) is 0 Å². The number of pyridine rings is 1. The number of anilines is 1. The third-order valence-electron chi connectivity index (χ3n) is 4.72. The number of hydrogen-bond donors (Lipinski definition) is 1. The van der Waals surface area contributed by atoms with Crippen molar-refractivity contribution in [2.24, 2.45) is 0 Å². The molecule has 0 atom stereocenters. The van der Waals surface area contributed by atoms with Gasteiger partial charge in [-0.15, -0.1) is 0 Å². The summed E-state index contributed by atoms with van der Waals surface area (Å²) in [4.78, 5) is 16.8. The lowest BCUT2D eigenvalue weighted by Gasteiger charge is -2.19. The highest BCUT2D eigenvalue weighted by Crippen LogP contribution is 2.27. The number of carbonyl (C=O) groups is 1. The average Bonchev–Trinajstić information content (AvgIpc) is 2.80. The molecular formula is C26H22N2O2. The summed E-state index contributed by atoms with van der Waals surface area (Å²) < 4.78 is 6.22. The number of nitrogens with one attached hydrogen (secondary N) is 1. The largest absolute Gasteiger partial charge is 0.465 e. The van der Waals surface area contributed by atoms with E-state index in [0.29, 0.717) is 17.1 Å². The summed E-state index contributed by atoms with van der Waals surface area (Å²) in [6, 6.07) is 31.1. The first kappa shape index (κ1) is 19.4. The Morgan fingerprint density at radius 2 is 1.50 bits per heavy atom. The smallest absolute Gasteiger partial charge is 0.255 e. The van der Waals surface area contributed by atoms with E-state index in [-0.39, 0.29) is 12.0 Å². The summed E-state index contributed by atoms with van der Waals surface area (Å²) in [6.07, 6.45) is 1.34. The highest BCUT2D eigenvalue weighted by atomic mass is 16.5. The van der Waals surface area contributed by atoms with Gasteiger partial charge < -0.3 is 10.1 Å². The molecule has 1 N–H and O–H groups in total. The maximum atomic E-state index is 12.4. The molecule has 148 valence electrons. The van der Waals surface area contributed by atoms with Crippen LogP contribution in [0.1, 0.15) is 33.2 Å². The Kier molecular flexibility index (Phi) is 5.85. The van der Waals surface area contributed by atoms with Crippen LogP contribution in [0.3, 0.4) is 0 Å². The summed E-state index contributed by atoms with van der Waals surface area (Å²) in [5, 5.41) is 2.87. The zero-order valence-electron chi connectivity index (χ0n) is 16.7. The van der Waals surface area contributed by atoms with Crippen molar-refractivity contribution in [3.05, 3.63) is 126 Å². The van der Waals surface area contributed by atoms with Crippen molar-refractivity contribution < 1.29 is 9.53 Å². The predicted octanol–water partition coefficient (Wildman–Crippen LogP) is 5.81. The standard InChI is InChI=1S/C26H22N2O2/c1-19-9-8-14-22(17-19)26(29)28-23-15-16-24(27-18-23)30-25(20-10-4-2-5-11-20)21-12-6-3-7-13-21/h2-18,25H,1H3,(H,28,29). The third-order valence-corrected chi connectivity index (χ3v) is 4.72. The van der Waals surface area contributed by atoms with E-state index in [0.717, 1.165) is 16.7 Å². The highest BCUT2D eigenvalue weighted by Gasteiger charge is 2.16. The monoisotopic (exact) mass is 394 g/mol. The Bertz CT molecular complexity index is 1070. The molecule has 0 aliphatic rings. The molecule has 1 aromatic heterocycles. The number of amides is 1. The minimum atomic E-state index is -0.271. The zero-order chi connectivity index (χ0) is 20.8. The van der Waals surface area contributed by atoms with E-state index in [9.17, 15) is 4.79 Å². The molecule has 30 heavy (non-hydrogen) atoms. The molecular weight excluding hydrogens is 372 g/mol. The Labute approximate surface area is 176 Å². The second-order valence-corrected chi connectivity index (χ2v) is 7.03. The van der Waals surface area contributed by atoms with Gasteiger partial charge in [0.25, 0.3) is 5.91 Å². The number of ether oxygens (including phenoxy) is 1. The number of aromatic nitrogens is 1. The zero-order valence-corrected chi connectivity index (χ0v) is 16.7. The van der Waals surface area contributed by atoms with Crippen LogP contribution in [0.25, 0.3) is 0 Å². The van der Waals surface area contributed by atoms with Crippen LogP contribution in [-0.4, -0.2) is 10.9 Å². The Hall–Kier alpha value is -3.92. The maximum Gasteiger partial charge on any atom is 0.255 e. The summed E-state index contributed by atoms with van der Waals surface area (Å²) in [5.41, 5.74) is 4.36. The van der Waals surface area contributed by atoms with Gasteiger partial charge in [0, 0.05) is 11.6 Å². The fourth-order valence-corrected chi connectivity index (χ4v) is 3.22. The first-order valence-electron chi connectivity index (χ1n) is 9.80. The molecule has 0 aliphatic heterocycles. The van der Waals surface area contributed by atoms with Gasteiger partial charge in [-0.05, 0) is 36.2 Å². The lowest BCUT2D eigenvalue weighted by atomic mass is 10.0. The Balaban J connectivity index is 1.50. The normalized spacial score (nSPS) is 10.6. The molecule has 0 fully saturated rings. The first-order valence-corrected chi connectivity index (χ1v) is 9.80. The van der Waals surface area contributed by atoms with Crippen LogP contribution < -0.4 is 10.1 Å². The SMILES string of the molecule is Cc1cccc(C(=O)Nc2ccc(OC(c3ccccc3)c3ccccc3)nc2)c1. The van der Waals surface area contributed by atoms with Crippen molar-refractivity contribution in [3.8, 4) is 5.88 Å². The molecule has 0 bridgehead atoms. The molecule has 4 aromatic rings. The van der Waals surface area contributed by atoms with Gasteiger partial charge in [-0.1, -0.05) is 78.4 Å². The van der Waals surface area contributed by atoms with E-state index in [1.807, 2.05) is 85.8 Å². The van der Waals surface area contributed by atoms with Gasteiger partial charge in [0.1, 0.15) is 0 Å². The second kappa shape index (κ2) is 9.05. The quantitative estimate of drug-likeness (QED) is 0.449. The number of aryl methyl sites for hydroxylation is 1. The minimum absolute atomic E-state index is 0.166. The van der Waals surface area contributed by atoms with Crippen molar-refractivity contribution in [2.75, 3.05) is 5.32 Å². The number of rotatable bonds is 6. The number of benzene rings is 3. The molecule has 1 amide bonds. The maximum absolute atomic E-state index is 12.4. The molecule has 0 spiro atoms. The van der Waals surface area contributed by atoms with E-state index in [1.165, 1.54) is 0 Å². The van der Waals surface area contributed by atoms with Crippen LogP contribution in [-0.2, 0) is 0 Å². The molecule has 0 radical (unpaired) electrons. The van der Waals surface area contributed by atoms with Gasteiger partial charge in [0.15, 0.2) is 6.10 Å². The van der Waals surface area contributed by atoms with Crippen LogP contribution in [0.15, 0.2) is 103 Å². The van der Waals surface area contributed by atoms with E-state index in [2.05, 4.69) is 10.3 Å². The molecule has 0 unspecified atom stereocenters. The van der Waals surface area contributed by atoms with Gasteiger partial charge in [0.2, 0.25) is 5.88 Å². The summed E-state index contributed by atoms with van der Waals surface area (Å²) in [7, 11) is 0. The highest BCUT2D eigenvalue weighted by molar-refractivity contribution is 6.04. The minimum Gasteiger partial charge on any atom is -0.465 e. The van der Waals surface area contributed by atoms with Crippen molar-refractivity contribution >= 4 is 11.6 Å². The van der Waals surface area contributed by atoms with Gasteiger partial charge in [-0.25, -0.2) is 4.98 Å². The molecule has 0 aliphatic carbocycles. The molecule has 0 saturated heterocycles. The summed E-state index contributed by atoms with van der Waals surface area (Å²) in [6.45, 7) is 1.96. The van der Waals surface area contributed by atoms with E-state index in [4.69, 9.17) is 4.74 Å². The van der Waals surface area contributed by atoms with Crippen LogP contribution in [0.5, 0.6) is 5.88 Å². The fourth-order valence-electron chi connectivity index (χ4n) is 3.22. The molecule has 1 heterocycles. The number of carbonyl (C=O) groups excluding carboxylic acids is 1. The molecule has 3 aromatic carbocycles. The van der Waals surface area contributed by atoms with Crippen molar-refractivity contribution in [2.45, 2.75) is 13.0 Å². The topological polar surface area (TPSA) is 51.2 Å². The number of hydrogen-bond acceptors (Lipinski definition) is 3. The third kappa shape index (κ3) is 4.73. The molecule has 4 rings (SSSR count). The molecule has 4 heteroatoms. The summed E-state index contributed by atoms with van der Waals surface area (Å²) in [5.74, 6) is 0.321. The van der Waals surface area contributed by atoms with E-state index in [1.54, 1.807) is 24.4 Å². The average molecular weight is 394 g/mol. The lowest BCUT2D eigenvalue weighted by molar-refractivity contribution is 0.102. The first-order chi connectivity index (χ1) is 14.7. The Morgan fingerprint density at radius 3 is 2.07 bits per heavy atom. The van der Waals surface area contributed by atoms with Gasteiger partial charge in [-0.2, -0.15) is 0 Å². The van der Waals surface area contributed by atoms with E-state index < -0.39 is 0 Å². The number of nitrogens with zero attached hydrogens (tertiary/aromatic N) is 1. The van der Waals surface area contributed by atoms with Gasteiger partial charge >= 0.3 is 0 Å². The van der Waals surface area contributed by atoms with Crippen LogP contribution >= 0.6 is 0 Å². The van der Waals surface area contributed by atoms with Crippen molar-refractivity contribution in [1.29, 1.82) is 0 Å². The van der Waals surface area contributed by atoms with Crippen LogP contribution in [0, 0.1) is 6.92 Å². The van der Waals surface area contributed by atoms with Gasteiger partial charge in [-0.3, -0.25) is 4.79 Å². The second-order valence-electron chi connectivity index (χ2n) is 7.03. The Morgan fingerprint density at radius 1 is 0.833 bits per heavy atom. The van der Waals surface area contributed by atoms with Gasteiger partial charge in [0.05, 0.1) is 11.9 Å². The van der Waals surface area contributed by atoms with Crippen LogP contribution in [0.4, 0.5) is 5.69 Å². The lowest BCUT2D eigenvalue weighted by Crippen LogP contribution is -2.13.